The SMILES string of the molecule is Cc1cc(NC(=O)CC#N)ccc1NS(C)(=O)=O. The number of carbonyl (C=O) groups is 1. The number of aryl methyl sites for hydroxylation is 1. The van der Waals surface area contributed by atoms with Gasteiger partial charge in [-0.15, -0.1) is 0 Å². The summed E-state index contributed by atoms with van der Waals surface area (Å²) < 4.78 is 24.5. The number of hydrogen-bond donors (Lipinski definition) is 2. The van der Waals surface area contributed by atoms with Gasteiger partial charge in [-0.05, 0) is 30.7 Å². The summed E-state index contributed by atoms with van der Waals surface area (Å²) in [6.45, 7) is 1.72. The van der Waals surface area contributed by atoms with Gasteiger partial charge in [-0.25, -0.2) is 8.42 Å². The van der Waals surface area contributed by atoms with Crippen LogP contribution in [-0.4, -0.2) is 20.6 Å². The molecule has 1 aromatic carbocycles. The first-order valence-electron chi connectivity index (χ1n) is 5.07. The van der Waals surface area contributed by atoms with Crippen LogP contribution < -0.4 is 10.0 Å². The summed E-state index contributed by atoms with van der Waals surface area (Å²) in [6, 6.07) is 6.49. The van der Waals surface area contributed by atoms with E-state index in [9.17, 15) is 13.2 Å². The third-order valence-corrected chi connectivity index (χ3v) is 2.64. The molecule has 7 heteroatoms. The Morgan fingerprint density at radius 3 is 2.61 bits per heavy atom. The van der Waals surface area contributed by atoms with Gasteiger partial charge in [0.15, 0.2) is 0 Å². The standard InChI is InChI=1S/C11H13N3O3S/c1-8-7-9(13-11(15)5-6-12)3-4-10(8)14-18(2,16)17/h3-4,7,14H,5H2,1-2H3,(H,13,15). The predicted molar refractivity (Wildman–Crippen MR) is 68.5 cm³/mol. The van der Waals surface area contributed by atoms with Crippen molar-refractivity contribution in [3.63, 3.8) is 0 Å². The highest BCUT2D eigenvalue weighted by Gasteiger charge is 2.07. The number of benzene rings is 1. The highest BCUT2D eigenvalue weighted by Crippen LogP contribution is 2.20. The lowest BCUT2D eigenvalue weighted by Gasteiger charge is -2.10. The van der Waals surface area contributed by atoms with Crippen LogP contribution in [-0.2, 0) is 14.8 Å². The molecule has 0 bridgehead atoms. The number of rotatable bonds is 4. The quantitative estimate of drug-likeness (QED) is 0.856. The molecule has 0 spiro atoms. The van der Waals surface area contributed by atoms with Crippen molar-refractivity contribution in [1.29, 1.82) is 5.26 Å². The average Bonchev–Trinajstić information content (AvgIpc) is 2.21. The predicted octanol–water partition coefficient (Wildman–Crippen LogP) is 1.22. The van der Waals surface area contributed by atoms with Crippen LogP contribution in [0.5, 0.6) is 0 Å². The van der Waals surface area contributed by atoms with Crippen LogP contribution in [0.1, 0.15) is 12.0 Å². The Labute approximate surface area is 106 Å². The zero-order chi connectivity index (χ0) is 13.8. The lowest BCUT2D eigenvalue weighted by molar-refractivity contribution is -0.115. The molecule has 0 atom stereocenters. The molecule has 1 rings (SSSR count). The number of anilines is 2. The summed E-state index contributed by atoms with van der Waals surface area (Å²) >= 11 is 0. The molecule has 2 N–H and O–H groups in total. The van der Waals surface area contributed by atoms with Gasteiger partial charge >= 0.3 is 0 Å². The Morgan fingerprint density at radius 2 is 2.11 bits per heavy atom. The van der Waals surface area contributed by atoms with E-state index in [1.165, 1.54) is 0 Å². The first-order chi connectivity index (χ1) is 8.31. The Kier molecular flexibility index (Phi) is 4.28. The van der Waals surface area contributed by atoms with Crippen molar-refractivity contribution in [2.45, 2.75) is 13.3 Å². The van der Waals surface area contributed by atoms with Gasteiger partial charge in [0.05, 0.1) is 18.0 Å². The summed E-state index contributed by atoms with van der Waals surface area (Å²) in [5, 5.41) is 10.9. The molecular weight excluding hydrogens is 254 g/mol. The molecule has 1 aromatic rings. The first-order valence-corrected chi connectivity index (χ1v) is 6.96. The monoisotopic (exact) mass is 267 g/mol. The van der Waals surface area contributed by atoms with Gasteiger partial charge in [0.25, 0.3) is 0 Å². The molecule has 0 heterocycles. The number of hydrogen-bond acceptors (Lipinski definition) is 4. The van der Waals surface area contributed by atoms with E-state index in [0.717, 1.165) is 6.26 Å². The smallest absolute Gasteiger partial charge is 0.238 e. The molecule has 96 valence electrons. The van der Waals surface area contributed by atoms with Crippen molar-refractivity contribution >= 4 is 27.3 Å². The highest BCUT2D eigenvalue weighted by atomic mass is 32.2. The summed E-state index contributed by atoms with van der Waals surface area (Å²) in [5.74, 6) is -0.402. The Hall–Kier alpha value is -2.07. The fourth-order valence-electron chi connectivity index (χ4n) is 1.33. The second-order valence-electron chi connectivity index (χ2n) is 3.79. The Morgan fingerprint density at radius 1 is 1.44 bits per heavy atom. The second-order valence-corrected chi connectivity index (χ2v) is 5.54. The van der Waals surface area contributed by atoms with E-state index in [1.807, 2.05) is 0 Å². The molecule has 1 amide bonds. The van der Waals surface area contributed by atoms with Gasteiger partial charge < -0.3 is 5.32 Å². The third kappa shape index (κ3) is 4.43. The van der Waals surface area contributed by atoms with Gasteiger partial charge in [-0.1, -0.05) is 0 Å². The van der Waals surface area contributed by atoms with Gasteiger partial charge in [-0.3, -0.25) is 9.52 Å². The highest BCUT2D eigenvalue weighted by molar-refractivity contribution is 7.92. The molecule has 0 aromatic heterocycles. The molecule has 0 unspecified atom stereocenters. The first kappa shape index (κ1) is 14.0. The van der Waals surface area contributed by atoms with Crippen LogP contribution in [0.4, 0.5) is 11.4 Å². The van der Waals surface area contributed by atoms with Crippen molar-refractivity contribution < 1.29 is 13.2 Å². The van der Waals surface area contributed by atoms with Gasteiger partial charge in [0.2, 0.25) is 15.9 Å². The van der Waals surface area contributed by atoms with Crippen LogP contribution in [0.25, 0.3) is 0 Å². The van der Waals surface area contributed by atoms with Crippen LogP contribution in [0.15, 0.2) is 18.2 Å². The maximum Gasteiger partial charge on any atom is 0.238 e. The molecule has 6 nitrogen and oxygen atoms in total. The van der Waals surface area contributed by atoms with E-state index in [2.05, 4.69) is 10.0 Å². The lowest BCUT2D eigenvalue weighted by atomic mass is 10.2. The second kappa shape index (κ2) is 5.51. The maximum atomic E-state index is 11.2. The molecule has 0 fully saturated rings. The van der Waals surface area contributed by atoms with E-state index in [0.29, 0.717) is 16.9 Å². The van der Waals surface area contributed by atoms with Crippen molar-refractivity contribution in [3.05, 3.63) is 23.8 Å². The number of amides is 1. The fraction of sp³-hybridized carbons (Fsp3) is 0.273. The maximum absolute atomic E-state index is 11.2. The number of carbonyl (C=O) groups excluding carboxylic acids is 1. The minimum Gasteiger partial charge on any atom is -0.325 e. The number of nitrogens with one attached hydrogen (secondary N) is 2. The van der Waals surface area contributed by atoms with E-state index < -0.39 is 15.9 Å². The van der Waals surface area contributed by atoms with E-state index >= 15 is 0 Å². The van der Waals surface area contributed by atoms with Crippen molar-refractivity contribution in [2.75, 3.05) is 16.3 Å². The summed E-state index contributed by atoms with van der Waals surface area (Å²) in [7, 11) is -3.32. The van der Waals surface area contributed by atoms with E-state index in [-0.39, 0.29) is 6.42 Å². The number of sulfonamides is 1. The van der Waals surface area contributed by atoms with Crippen LogP contribution in [0, 0.1) is 18.3 Å². The Balaban J connectivity index is 2.87. The van der Waals surface area contributed by atoms with Crippen molar-refractivity contribution in [2.24, 2.45) is 0 Å². The lowest BCUT2D eigenvalue weighted by Crippen LogP contribution is -2.12. The summed E-state index contributed by atoms with van der Waals surface area (Å²) in [6.07, 6.45) is 0.845. The normalized spacial score (nSPS) is 10.5. The van der Waals surface area contributed by atoms with Crippen LogP contribution in [0.3, 0.4) is 0 Å². The minimum absolute atomic E-state index is 0.220. The van der Waals surface area contributed by atoms with E-state index in [1.54, 1.807) is 31.2 Å². The van der Waals surface area contributed by atoms with Crippen LogP contribution in [0.2, 0.25) is 0 Å². The topological polar surface area (TPSA) is 99.1 Å². The molecule has 0 saturated heterocycles. The summed E-state index contributed by atoms with van der Waals surface area (Å²) in [5.41, 5.74) is 1.65. The number of nitriles is 1. The number of nitrogens with zero attached hydrogens (tertiary/aromatic N) is 1. The third-order valence-electron chi connectivity index (χ3n) is 2.05. The van der Waals surface area contributed by atoms with Gasteiger partial charge in [-0.2, -0.15) is 5.26 Å². The summed E-state index contributed by atoms with van der Waals surface area (Å²) in [4.78, 5) is 11.2. The Bertz CT molecular complexity index is 602. The average molecular weight is 267 g/mol. The molecule has 18 heavy (non-hydrogen) atoms. The van der Waals surface area contributed by atoms with Crippen molar-refractivity contribution in [1.82, 2.24) is 0 Å². The minimum atomic E-state index is -3.32. The van der Waals surface area contributed by atoms with Crippen LogP contribution >= 0.6 is 0 Å². The molecule has 0 aliphatic carbocycles. The molecule has 0 aliphatic heterocycles. The molecule has 0 aliphatic rings. The molecular formula is C11H13N3O3S. The largest absolute Gasteiger partial charge is 0.325 e. The molecule has 0 radical (unpaired) electrons. The zero-order valence-electron chi connectivity index (χ0n) is 10.0. The van der Waals surface area contributed by atoms with Gasteiger partial charge in [0.1, 0.15) is 6.42 Å². The fourth-order valence-corrected chi connectivity index (χ4v) is 1.96. The van der Waals surface area contributed by atoms with E-state index in [4.69, 9.17) is 5.26 Å². The van der Waals surface area contributed by atoms with Gasteiger partial charge in [0, 0.05) is 5.69 Å². The van der Waals surface area contributed by atoms with Crippen molar-refractivity contribution in [3.8, 4) is 6.07 Å². The zero-order valence-corrected chi connectivity index (χ0v) is 10.8. The molecule has 0 saturated carbocycles.